The van der Waals surface area contributed by atoms with Crippen LogP contribution in [0.5, 0.6) is 0 Å². The normalized spacial score (nSPS) is 15.1. The van der Waals surface area contributed by atoms with Gasteiger partial charge >= 0.3 is 0 Å². The molecule has 1 saturated carbocycles. The van der Waals surface area contributed by atoms with Crippen LogP contribution in [0.15, 0.2) is 54.6 Å². The van der Waals surface area contributed by atoms with Gasteiger partial charge in [-0.05, 0) is 36.1 Å². The number of hydrogen-bond donors (Lipinski definition) is 1. The largest absolute Gasteiger partial charge is 0.399 e. The maximum Gasteiger partial charge on any atom is 0.218 e. The van der Waals surface area contributed by atoms with Crippen LogP contribution < -0.4 is 5.73 Å². The Morgan fingerprint density at radius 3 is 2.18 bits per heavy atom. The van der Waals surface area contributed by atoms with E-state index in [2.05, 4.69) is 0 Å². The van der Waals surface area contributed by atoms with Gasteiger partial charge in [0.15, 0.2) is 0 Å². The molecule has 1 aliphatic rings. The van der Waals surface area contributed by atoms with E-state index in [4.69, 9.17) is 5.73 Å². The molecule has 116 valence electrons. The molecule has 2 N–H and O–H groups in total. The van der Waals surface area contributed by atoms with Crippen LogP contribution in [0, 0.1) is 0 Å². The van der Waals surface area contributed by atoms with Crippen molar-refractivity contribution in [3.05, 3.63) is 65.7 Å². The zero-order valence-corrected chi connectivity index (χ0v) is 13.2. The molecule has 0 unspecified atom stereocenters. The van der Waals surface area contributed by atoms with Crippen LogP contribution in [-0.2, 0) is 22.3 Å². The quantitative estimate of drug-likeness (QED) is 0.834. The molecule has 0 aliphatic heterocycles. The first-order chi connectivity index (χ1) is 10.5. The van der Waals surface area contributed by atoms with Crippen molar-refractivity contribution in [1.29, 1.82) is 0 Å². The van der Waals surface area contributed by atoms with Crippen LogP contribution in [0.25, 0.3) is 0 Å². The number of nitrogen functional groups attached to an aromatic ring is 1. The molecule has 0 aromatic heterocycles. The highest BCUT2D eigenvalue weighted by atomic mass is 32.2. The van der Waals surface area contributed by atoms with Crippen LogP contribution in [0.1, 0.15) is 24.0 Å². The summed E-state index contributed by atoms with van der Waals surface area (Å²) in [5, 5.41) is 0. The van der Waals surface area contributed by atoms with Crippen LogP contribution in [0.3, 0.4) is 0 Å². The Kier molecular flexibility index (Phi) is 4.18. The van der Waals surface area contributed by atoms with Crippen molar-refractivity contribution in [2.75, 3.05) is 5.73 Å². The molecule has 0 amide bonds. The van der Waals surface area contributed by atoms with E-state index in [-0.39, 0.29) is 11.8 Å². The van der Waals surface area contributed by atoms with E-state index in [1.165, 1.54) is 0 Å². The van der Waals surface area contributed by atoms with Gasteiger partial charge in [0.25, 0.3) is 0 Å². The lowest BCUT2D eigenvalue weighted by Crippen LogP contribution is -2.33. The van der Waals surface area contributed by atoms with Crippen LogP contribution in [0.4, 0.5) is 5.69 Å². The van der Waals surface area contributed by atoms with Gasteiger partial charge < -0.3 is 5.73 Å². The Balaban J connectivity index is 1.79. The molecule has 0 heterocycles. The third-order valence-corrected chi connectivity index (χ3v) is 5.66. The molecule has 0 saturated heterocycles. The lowest BCUT2D eigenvalue weighted by Gasteiger charge is -2.22. The first-order valence-corrected chi connectivity index (χ1v) is 9.03. The van der Waals surface area contributed by atoms with E-state index < -0.39 is 10.0 Å². The number of hydrogen-bond acceptors (Lipinski definition) is 3. The number of sulfonamides is 1. The monoisotopic (exact) mass is 316 g/mol. The van der Waals surface area contributed by atoms with Gasteiger partial charge in [0.2, 0.25) is 10.0 Å². The lowest BCUT2D eigenvalue weighted by molar-refractivity contribution is 0.398. The number of rotatable bonds is 6. The topological polar surface area (TPSA) is 63.4 Å². The Bertz CT molecular complexity index is 723. The van der Waals surface area contributed by atoms with Crippen molar-refractivity contribution in [3.8, 4) is 0 Å². The molecule has 3 rings (SSSR count). The summed E-state index contributed by atoms with van der Waals surface area (Å²) < 4.78 is 27.2. The second kappa shape index (κ2) is 6.10. The van der Waals surface area contributed by atoms with Gasteiger partial charge in [-0.25, -0.2) is 8.42 Å². The van der Waals surface area contributed by atoms with E-state index in [1.807, 2.05) is 54.6 Å². The van der Waals surface area contributed by atoms with Gasteiger partial charge in [-0.2, -0.15) is 4.31 Å². The highest BCUT2D eigenvalue weighted by Gasteiger charge is 2.37. The third kappa shape index (κ3) is 3.67. The van der Waals surface area contributed by atoms with Crippen molar-refractivity contribution in [1.82, 2.24) is 4.31 Å². The molecule has 0 spiro atoms. The fourth-order valence-electron chi connectivity index (χ4n) is 2.49. The van der Waals surface area contributed by atoms with E-state index in [1.54, 1.807) is 4.31 Å². The minimum Gasteiger partial charge on any atom is -0.399 e. The van der Waals surface area contributed by atoms with E-state index in [0.717, 1.165) is 24.0 Å². The average Bonchev–Trinajstić information content (AvgIpc) is 3.31. The van der Waals surface area contributed by atoms with Crippen molar-refractivity contribution in [2.24, 2.45) is 0 Å². The molecule has 5 heteroatoms. The van der Waals surface area contributed by atoms with Gasteiger partial charge in [-0.15, -0.1) is 0 Å². The summed E-state index contributed by atoms with van der Waals surface area (Å²) in [7, 11) is -3.32. The lowest BCUT2D eigenvalue weighted by atomic mass is 10.2. The summed E-state index contributed by atoms with van der Waals surface area (Å²) in [4.78, 5) is 0. The molecule has 1 fully saturated rings. The Hall–Kier alpha value is -1.85. The molecular formula is C17H20N2O2S. The minimum absolute atomic E-state index is 0.0549. The van der Waals surface area contributed by atoms with Gasteiger partial charge in [-0.3, -0.25) is 0 Å². The molecule has 22 heavy (non-hydrogen) atoms. The number of nitrogens with two attached hydrogens (primary N) is 1. The molecule has 2 aromatic carbocycles. The van der Waals surface area contributed by atoms with Gasteiger partial charge in [0, 0.05) is 18.3 Å². The summed E-state index contributed by atoms with van der Waals surface area (Å²) in [5.41, 5.74) is 8.17. The second-order valence-electron chi connectivity index (χ2n) is 5.76. The van der Waals surface area contributed by atoms with Crippen molar-refractivity contribution in [2.45, 2.75) is 31.2 Å². The molecule has 0 radical (unpaired) electrons. The average molecular weight is 316 g/mol. The number of nitrogens with zero attached hydrogens (tertiary/aromatic N) is 1. The van der Waals surface area contributed by atoms with Crippen molar-refractivity contribution in [3.63, 3.8) is 0 Å². The van der Waals surface area contributed by atoms with Crippen molar-refractivity contribution >= 4 is 15.7 Å². The standard InChI is InChI=1S/C17H20N2O2S/c18-16-8-6-14(7-9-16)12-19(17-10-11-17)22(20,21)13-15-4-2-1-3-5-15/h1-9,17H,10-13,18H2. The van der Waals surface area contributed by atoms with Gasteiger partial charge in [0.1, 0.15) is 0 Å². The molecular weight excluding hydrogens is 296 g/mol. The van der Waals surface area contributed by atoms with Crippen LogP contribution >= 0.6 is 0 Å². The summed E-state index contributed by atoms with van der Waals surface area (Å²) >= 11 is 0. The molecule has 2 aromatic rings. The SMILES string of the molecule is Nc1ccc(CN(C2CC2)S(=O)(=O)Cc2ccccc2)cc1. The maximum absolute atomic E-state index is 12.8. The predicted octanol–water partition coefficient (Wildman–Crippen LogP) is 2.76. The predicted molar refractivity (Wildman–Crippen MR) is 88.5 cm³/mol. The minimum atomic E-state index is -3.32. The Morgan fingerprint density at radius 2 is 1.59 bits per heavy atom. The maximum atomic E-state index is 12.8. The zero-order valence-electron chi connectivity index (χ0n) is 12.4. The smallest absolute Gasteiger partial charge is 0.218 e. The summed E-state index contributed by atoms with van der Waals surface area (Å²) in [5.74, 6) is 0.0549. The first-order valence-electron chi connectivity index (χ1n) is 7.42. The third-order valence-electron chi connectivity index (χ3n) is 3.82. The van der Waals surface area contributed by atoms with Gasteiger partial charge in [0.05, 0.1) is 5.75 Å². The van der Waals surface area contributed by atoms with Crippen LogP contribution in [0.2, 0.25) is 0 Å². The highest BCUT2D eigenvalue weighted by molar-refractivity contribution is 7.88. The molecule has 1 aliphatic carbocycles. The Morgan fingerprint density at radius 1 is 0.955 bits per heavy atom. The summed E-state index contributed by atoms with van der Waals surface area (Å²) in [6, 6.07) is 16.9. The van der Waals surface area contributed by atoms with E-state index >= 15 is 0 Å². The molecule has 4 nitrogen and oxygen atoms in total. The second-order valence-corrected chi connectivity index (χ2v) is 7.68. The number of anilines is 1. The summed E-state index contributed by atoms with van der Waals surface area (Å²) in [6.45, 7) is 0.417. The zero-order chi connectivity index (χ0) is 15.6. The fourth-order valence-corrected chi connectivity index (χ4v) is 4.28. The molecule has 0 bridgehead atoms. The van der Waals surface area contributed by atoms with Gasteiger partial charge in [-0.1, -0.05) is 42.5 Å². The van der Waals surface area contributed by atoms with Crippen molar-refractivity contribution < 1.29 is 8.42 Å². The van der Waals surface area contributed by atoms with Crippen LogP contribution in [-0.4, -0.2) is 18.8 Å². The van der Waals surface area contributed by atoms with E-state index in [9.17, 15) is 8.42 Å². The van der Waals surface area contributed by atoms with E-state index in [0.29, 0.717) is 12.2 Å². The number of benzene rings is 2. The highest BCUT2D eigenvalue weighted by Crippen LogP contribution is 2.32. The first kappa shape index (κ1) is 15.1. The fraction of sp³-hybridized carbons (Fsp3) is 0.294. The Labute approximate surface area is 131 Å². The summed E-state index contributed by atoms with van der Waals surface area (Å²) in [6.07, 6.45) is 1.89. The molecule has 0 atom stereocenters.